The summed E-state index contributed by atoms with van der Waals surface area (Å²) in [5, 5.41) is 4.55. The van der Waals surface area contributed by atoms with Gasteiger partial charge in [-0.25, -0.2) is 14.6 Å². The van der Waals surface area contributed by atoms with Gasteiger partial charge in [-0.15, -0.1) is 5.10 Å². The highest BCUT2D eigenvalue weighted by Gasteiger charge is 2.16. The third-order valence-electron chi connectivity index (χ3n) is 4.38. The van der Waals surface area contributed by atoms with Crippen molar-refractivity contribution in [2.24, 2.45) is 0 Å². The number of aryl methyl sites for hydroxylation is 1. The predicted octanol–water partition coefficient (Wildman–Crippen LogP) is 1.31. The van der Waals surface area contributed by atoms with E-state index >= 15 is 0 Å². The largest absolute Gasteiger partial charge is 0.465 e. The van der Waals surface area contributed by atoms with Gasteiger partial charge in [0.15, 0.2) is 0 Å². The van der Waals surface area contributed by atoms with Crippen LogP contribution in [0, 0.1) is 6.92 Å². The van der Waals surface area contributed by atoms with Crippen molar-refractivity contribution in [2.45, 2.75) is 6.92 Å². The Hall–Kier alpha value is -4.08. The second-order valence-electron chi connectivity index (χ2n) is 6.17. The molecular formula is C19H15N5O5. The van der Waals surface area contributed by atoms with Gasteiger partial charge < -0.3 is 9.47 Å². The van der Waals surface area contributed by atoms with Gasteiger partial charge in [-0.3, -0.25) is 9.36 Å². The lowest BCUT2D eigenvalue weighted by Crippen LogP contribution is -2.20. The molecule has 3 aromatic heterocycles. The highest BCUT2D eigenvalue weighted by molar-refractivity contribution is 5.96. The summed E-state index contributed by atoms with van der Waals surface area (Å²) < 4.78 is 12.3. The molecule has 0 aliphatic rings. The van der Waals surface area contributed by atoms with Crippen LogP contribution in [0.25, 0.3) is 22.4 Å². The van der Waals surface area contributed by atoms with Crippen molar-refractivity contribution in [1.82, 2.24) is 24.1 Å². The number of fused-ring (bicyclic) bond motifs is 3. The van der Waals surface area contributed by atoms with Crippen LogP contribution in [0.1, 0.15) is 26.5 Å². The Morgan fingerprint density at radius 3 is 2.31 bits per heavy atom. The van der Waals surface area contributed by atoms with E-state index in [4.69, 9.17) is 9.47 Å². The molecule has 0 unspecified atom stereocenters. The molecule has 0 aliphatic carbocycles. The van der Waals surface area contributed by atoms with E-state index in [-0.39, 0.29) is 11.1 Å². The Labute approximate surface area is 163 Å². The molecule has 0 radical (unpaired) electrons. The SMILES string of the molecule is COC(=O)c1cc(C(=O)OC)cc(-n2ccc3c(cnc4nc(C)nn43)c2=O)c1. The van der Waals surface area contributed by atoms with Crippen molar-refractivity contribution in [1.29, 1.82) is 0 Å². The van der Waals surface area contributed by atoms with Gasteiger partial charge >= 0.3 is 11.9 Å². The molecule has 0 spiro atoms. The zero-order valence-corrected chi connectivity index (χ0v) is 15.7. The number of benzene rings is 1. The Bertz CT molecular complexity index is 1320. The maximum atomic E-state index is 13.1. The number of methoxy groups -OCH3 is 2. The molecule has 0 fully saturated rings. The molecule has 0 aliphatic heterocycles. The predicted molar refractivity (Wildman–Crippen MR) is 101 cm³/mol. The topological polar surface area (TPSA) is 118 Å². The molecule has 0 bridgehead atoms. The normalized spacial score (nSPS) is 11.0. The summed E-state index contributed by atoms with van der Waals surface area (Å²) in [6.07, 6.45) is 2.95. The molecule has 3 heterocycles. The summed E-state index contributed by atoms with van der Waals surface area (Å²) in [4.78, 5) is 45.5. The number of aromatic nitrogens is 5. The lowest BCUT2D eigenvalue weighted by Gasteiger charge is -2.11. The van der Waals surface area contributed by atoms with Crippen LogP contribution in [-0.4, -0.2) is 50.3 Å². The van der Waals surface area contributed by atoms with E-state index in [2.05, 4.69) is 15.1 Å². The Balaban J connectivity index is 1.97. The molecule has 4 rings (SSSR count). The molecule has 146 valence electrons. The fourth-order valence-electron chi connectivity index (χ4n) is 3.04. The van der Waals surface area contributed by atoms with Gasteiger partial charge in [0.1, 0.15) is 5.82 Å². The molecule has 0 N–H and O–H groups in total. The van der Waals surface area contributed by atoms with E-state index in [9.17, 15) is 14.4 Å². The maximum absolute atomic E-state index is 13.1. The number of hydrogen-bond donors (Lipinski definition) is 0. The second kappa shape index (κ2) is 6.82. The van der Waals surface area contributed by atoms with E-state index in [1.54, 1.807) is 13.0 Å². The quantitative estimate of drug-likeness (QED) is 0.478. The minimum absolute atomic E-state index is 0.109. The number of ether oxygens (including phenoxy) is 2. The molecule has 10 heteroatoms. The highest BCUT2D eigenvalue weighted by Crippen LogP contribution is 2.17. The van der Waals surface area contributed by atoms with Gasteiger partial charge in [0, 0.05) is 12.4 Å². The van der Waals surface area contributed by atoms with Crippen LogP contribution in [0.2, 0.25) is 0 Å². The van der Waals surface area contributed by atoms with Gasteiger partial charge in [0.2, 0.25) is 0 Å². The van der Waals surface area contributed by atoms with E-state index < -0.39 is 17.5 Å². The van der Waals surface area contributed by atoms with Crippen LogP contribution in [0.4, 0.5) is 0 Å². The minimum atomic E-state index is -0.646. The Morgan fingerprint density at radius 1 is 1.03 bits per heavy atom. The molecule has 0 atom stereocenters. The summed E-state index contributed by atoms with van der Waals surface area (Å²) in [5.74, 6) is -0.380. The van der Waals surface area contributed by atoms with Crippen LogP contribution in [-0.2, 0) is 9.47 Å². The van der Waals surface area contributed by atoms with Crippen LogP contribution < -0.4 is 5.56 Å². The molecule has 10 nitrogen and oxygen atoms in total. The summed E-state index contributed by atoms with van der Waals surface area (Å²) >= 11 is 0. The number of nitrogens with zero attached hydrogens (tertiary/aromatic N) is 5. The first kappa shape index (κ1) is 18.3. The lowest BCUT2D eigenvalue weighted by molar-refractivity contribution is 0.0599. The fourth-order valence-corrected chi connectivity index (χ4v) is 3.04. The van der Waals surface area contributed by atoms with Gasteiger partial charge in [-0.2, -0.15) is 9.50 Å². The molecule has 0 saturated heterocycles. The van der Waals surface area contributed by atoms with Gasteiger partial charge in [-0.1, -0.05) is 0 Å². The summed E-state index contributed by atoms with van der Waals surface area (Å²) in [5.41, 5.74) is 0.655. The average molecular weight is 393 g/mol. The third kappa shape index (κ3) is 3.00. The first-order valence-electron chi connectivity index (χ1n) is 8.49. The molecule has 4 aromatic rings. The Morgan fingerprint density at radius 2 is 1.69 bits per heavy atom. The van der Waals surface area contributed by atoms with E-state index in [1.165, 1.54) is 53.9 Å². The van der Waals surface area contributed by atoms with Gasteiger partial charge in [0.25, 0.3) is 11.3 Å². The Kier molecular flexibility index (Phi) is 4.30. The first-order valence-corrected chi connectivity index (χ1v) is 8.49. The minimum Gasteiger partial charge on any atom is -0.465 e. The van der Waals surface area contributed by atoms with Crippen LogP contribution in [0.15, 0.2) is 41.5 Å². The van der Waals surface area contributed by atoms with Crippen LogP contribution >= 0.6 is 0 Å². The van der Waals surface area contributed by atoms with Gasteiger partial charge in [0.05, 0.1) is 41.9 Å². The highest BCUT2D eigenvalue weighted by atomic mass is 16.5. The van der Waals surface area contributed by atoms with E-state index in [0.29, 0.717) is 28.2 Å². The zero-order valence-electron chi connectivity index (χ0n) is 15.7. The summed E-state index contributed by atoms with van der Waals surface area (Å²) in [6.45, 7) is 1.73. The lowest BCUT2D eigenvalue weighted by atomic mass is 10.1. The fraction of sp³-hybridized carbons (Fsp3) is 0.158. The van der Waals surface area contributed by atoms with E-state index in [0.717, 1.165) is 0 Å². The molecule has 29 heavy (non-hydrogen) atoms. The number of pyridine rings is 1. The maximum Gasteiger partial charge on any atom is 0.337 e. The number of carbonyl (C=O) groups is 2. The molecule has 0 saturated carbocycles. The summed E-state index contributed by atoms with van der Waals surface area (Å²) in [7, 11) is 2.46. The standard InChI is InChI=1S/C19H15N5O5/c1-10-21-19-20-9-14-15(24(19)22-10)4-5-23(16(14)25)13-7-11(17(26)28-2)6-12(8-13)18(27)29-3/h4-9H,1-3H3. The summed E-state index contributed by atoms with van der Waals surface area (Å²) in [6, 6.07) is 5.94. The van der Waals surface area contributed by atoms with Crippen molar-refractivity contribution in [3.63, 3.8) is 0 Å². The monoisotopic (exact) mass is 393 g/mol. The van der Waals surface area contributed by atoms with Crippen LogP contribution in [0.5, 0.6) is 0 Å². The van der Waals surface area contributed by atoms with Crippen molar-refractivity contribution >= 4 is 28.6 Å². The van der Waals surface area contributed by atoms with Crippen molar-refractivity contribution in [3.05, 3.63) is 64.0 Å². The third-order valence-corrected chi connectivity index (χ3v) is 4.38. The van der Waals surface area contributed by atoms with E-state index in [1.807, 2.05) is 0 Å². The molecule has 1 aromatic carbocycles. The number of hydrogen-bond acceptors (Lipinski definition) is 8. The van der Waals surface area contributed by atoms with Crippen molar-refractivity contribution in [3.8, 4) is 5.69 Å². The second-order valence-corrected chi connectivity index (χ2v) is 6.17. The smallest absolute Gasteiger partial charge is 0.337 e. The zero-order chi connectivity index (χ0) is 20.7. The van der Waals surface area contributed by atoms with Crippen molar-refractivity contribution in [2.75, 3.05) is 14.2 Å². The van der Waals surface area contributed by atoms with Gasteiger partial charge in [-0.05, 0) is 31.2 Å². The molecule has 0 amide bonds. The number of rotatable bonds is 3. The number of esters is 2. The molecular weight excluding hydrogens is 378 g/mol. The number of carbonyl (C=O) groups excluding carboxylic acids is 2. The van der Waals surface area contributed by atoms with Crippen LogP contribution in [0.3, 0.4) is 0 Å². The average Bonchev–Trinajstić information content (AvgIpc) is 3.13. The van der Waals surface area contributed by atoms with Crippen molar-refractivity contribution < 1.29 is 19.1 Å². The first-order chi connectivity index (χ1) is 13.9.